The number of benzene rings is 1. The van der Waals surface area contributed by atoms with Gasteiger partial charge in [0.1, 0.15) is 0 Å². The van der Waals surface area contributed by atoms with Crippen LogP contribution in [-0.4, -0.2) is 15.0 Å². The maximum Gasteiger partial charge on any atom is 0.240 e. The van der Waals surface area contributed by atoms with Crippen molar-refractivity contribution in [2.45, 2.75) is 17.9 Å². The number of rotatable bonds is 5. The summed E-state index contributed by atoms with van der Waals surface area (Å²) < 4.78 is 25.8. The molecule has 3 N–H and O–H groups in total. The van der Waals surface area contributed by atoms with Crippen molar-refractivity contribution in [1.29, 1.82) is 0 Å². The molecule has 0 aliphatic carbocycles. The highest BCUT2D eigenvalue weighted by atomic mass is 32.2. The molecule has 0 atom stereocenters. The van der Waals surface area contributed by atoms with E-state index in [4.69, 9.17) is 12.2 Å². The van der Waals surface area contributed by atoms with E-state index in [1.807, 2.05) is 0 Å². The van der Waals surface area contributed by atoms with E-state index in [0.29, 0.717) is 13.0 Å². The van der Waals surface area contributed by atoms with Crippen LogP contribution in [0, 0.1) is 12.3 Å². The molecule has 0 bridgehead atoms. The van der Waals surface area contributed by atoms with E-state index >= 15 is 0 Å². The smallest absolute Gasteiger partial charge is 0.240 e. The Morgan fingerprint density at radius 1 is 1.31 bits per heavy atom. The molecule has 5 heteroatoms. The molecule has 1 rings (SSSR count). The van der Waals surface area contributed by atoms with Crippen molar-refractivity contribution in [3.63, 3.8) is 0 Å². The molecule has 1 aromatic carbocycles. The van der Waals surface area contributed by atoms with Crippen LogP contribution in [0.3, 0.4) is 0 Å². The highest BCUT2D eigenvalue weighted by molar-refractivity contribution is 7.89. The molecule has 0 spiro atoms. The zero-order valence-corrected chi connectivity index (χ0v) is 9.63. The maximum absolute atomic E-state index is 11.7. The standard InChI is InChI=1S/C11H14N2O2S/c1-2-3-8-13-16(14,15)11-6-4-10(9-12)5-7-11/h1,4-7,13H,3,8-9,12H2. The summed E-state index contributed by atoms with van der Waals surface area (Å²) in [5.74, 6) is 2.37. The topological polar surface area (TPSA) is 72.2 Å². The van der Waals surface area contributed by atoms with Gasteiger partial charge in [0.25, 0.3) is 0 Å². The molecule has 0 heterocycles. The van der Waals surface area contributed by atoms with Gasteiger partial charge >= 0.3 is 0 Å². The third-order valence-electron chi connectivity index (χ3n) is 2.03. The van der Waals surface area contributed by atoms with Gasteiger partial charge < -0.3 is 5.73 Å². The van der Waals surface area contributed by atoms with Gasteiger partial charge in [0.05, 0.1) is 4.90 Å². The lowest BCUT2D eigenvalue weighted by Gasteiger charge is -2.05. The van der Waals surface area contributed by atoms with Gasteiger partial charge in [0, 0.05) is 19.5 Å². The van der Waals surface area contributed by atoms with Crippen LogP contribution in [0.5, 0.6) is 0 Å². The first kappa shape index (κ1) is 12.7. The van der Waals surface area contributed by atoms with E-state index < -0.39 is 10.0 Å². The van der Waals surface area contributed by atoms with Gasteiger partial charge in [-0.15, -0.1) is 12.3 Å². The summed E-state index contributed by atoms with van der Waals surface area (Å²) in [5, 5.41) is 0. The summed E-state index contributed by atoms with van der Waals surface area (Å²) in [6.45, 7) is 0.641. The molecular formula is C11H14N2O2S. The zero-order valence-electron chi connectivity index (χ0n) is 8.81. The summed E-state index contributed by atoms with van der Waals surface area (Å²) in [4.78, 5) is 0.224. The van der Waals surface area contributed by atoms with Crippen molar-refractivity contribution in [1.82, 2.24) is 4.72 Å². The molecular weight excluding hydrogens is 224 g/mol. The first-order valence-electron chi connectivity index (χ1n) is 4.82. The van der Waals surface area contributed by atoms with Crippen LogP contribution in [0.1, 0.15) is 12.0 Å². The van der Waals surface area contributed by atoms with Crippen LogP contribution >= 0.6 is 0 Å². The lowest BCUT2D eigenvalue weighted by atomic mass is 10.2. The Morgan fingerprint density at radius 2 is 1.94 bits per heavy atom. The van der Waals surface area contributed by atoms with Crippen LogP contribution in [0.25, 0.3) is 0 Å². The molecule has 4 nitrogen and oxygen atoms in total. The van der Waals surface area contributed by atoms with E-state index in [2.05, 4.69) is 10.6 Å². The summed E-state index contributed by atoms with van der Waals surface area (Å²) in [6.07, 6.45) is 5.41. The van der Waals surface area contributed by atoms with Crippen LogP contribution in [0.4, 0.5) is 0 Å². The average molecular weight is 238 g/mol. The van der Waals surface area contributed by atoms with E-state index in [9.17, 15) is 8.42 Å². The van der Waals surface area contributed by atoms with Gasteiger partial charge in [-0.25, -0.2) is 13.1 Å². The minimum Gasteiger partial charge on any atom is -0.326 e. The molecule has 0 saturated carbocycles. The molecule has 1 aromatic rings. The van der Waals surface area contributed by atoms with Gasteiger partial charge in [0.15, 0.2) is 0 Å². The Kier molecular flexibility index (Phi) is 4.50. The fourth-order valence-electron chi connectivity index (χ4n) is 1.15. The second-order valence-electron chi connectivity index (χ2n) is 3.20. The second-order valence-corrected chi connectivity index (χ2v) is 4.97. The monoisotopic (exact) mass is 238 g/mol. The molecule has 0 aliphatic heterocycles. The highest BCUT2D eigenvalue weighted by Gasteiger charge is 2.12. The Bertz CT molecular complexity index is 472. The van der Waals surface area contributed by atoms with Gasteiger partial charge in [-0.1, -0.05) is 12.1 Å². The molecule has 0 saturated heterocycles. The third-order valence-corrected chi connectivity index (χ3v) is 3.51. The lowest BCUT2D eigenvalue weighted by Crippen LogP contribution is -2.24. The Morgan fingerprint density at radius 3 is 2.44 bits per heavy atom. The van der Waals surface area contributed by atoms with Gasteiger partial charge in [-0.3, -0.25) is 0 Å². The van der Waals surface area contributed by atoms with Crippen molar-refractivity contribution in [2.75, 3.05) is 6.54 Å². The third kappa shape index (κ3) is 3.35. The number of hydrogen-bond acceptors (Lipinski definition) is 3. The average Bonchev–Trinajstić information content (AvgIpc) is 2.29. The van der Waals surface area contributed by atoms with Crippen LogP contribution < -0.4 is 10.5 Å². The lowest BCUT2D eigenvalue weighted by molar-refractivity contribution is 0.582. The number of nitrogens with one attached hydrogen (secondary N) is 1. The SMILES string of the molecule is C#CCCNS(=O)(=O)c1ccc(CN)cc1. The predicted octanol–water partition coefficient (Wildman–Crippen LogP) is 0.447. The first-order valence-corrected chi connectivity index (χ1v) is 6.30. The Labute approximate surface area is 95.9 Å². The molecule has 86 valence electrons. The van der Waals surface area contributed by atoms with Crippen molar-refractivity contribution in [3.8, 4) is 12.3 Å². The van der Waals surface area contributed by atoms with Gasteiger partial charge in [-0.05, 0) is 17.7 Å². The Balaban J connectivity index is 2.78. The van der Waals surface area contributed by atoms with E-state index in [1.165, 1.54) is 12.1 Å². The summed E-state index contributed by atoms with van der Waals surface area (Å²) in [6, 6.07) is 6.44. The summed E-state index contributed by atoms with van der Waals surface area (Å²) in [7, 11) is -3.44. The minimum absolute atomic E-state index is 0.224. The maximum atomic E-state index is 11.7. The Hall–Kier alpha value is -1.35. The summed E-state index contributed by atoms with van der Waals surface area (Å²) >= 11 is 0. The molecule has 0 fully saturated rings. The highest BCUT2D eigenvalue weighted by Crippen LogP contribution is 2.09. The number of hydrogen-bond donors (Lipinski definition) is 2. The first-order chi connectivity index (χ1) is 7.60. The fraction of sp³-hybridized carbons (Fsp3) is 0.273. The quantitative estimate of drug-likeness (QED) is 0.578. The summed E-state index contributed by atoms with van der Waals surface area (Å²) in [5.41, 5.74) is 6.31. The predicted molar refractivity (Wildman–Crippen MR) is 63.0 cm³/mol. The van der Waals surface area contributed by atoms with E-state index in [1.54, 1.807) is 12.1 Å². The fourth-order valence-corrected chi connectivity index (χ4v) is 2.18. The normalized spacial score (nSPS) is 11.0. The second kappa shape index (κ2) is 5.66. The molecule has 0 radical (unpaired) electrons. The molecule has 0 aromatic heterocycles. The molecule has 0 unspecified atom stereocenters. The number of nitrogens with two attached hydrogens (primary N) is 1. The molecule has 0 amide bonds. The minimum atomic E-state index is -3.44. The van der Waals surface area contributed by atoms with Crippen molar-refractivity contribution in [3.05, 3.63) is 29.8 Å². The van der Waals surface area contributed by atoms with Crippen molar-refractivity contribution in [2.24, 2.45) is 5.73 Å². The van der Waals surface area contributed by atoms with Crippen molar-refractivity contribution < 1.29 is 8.42 Å². The van der Waals surface area contributed by atoms with E-state index in [-0.39, 0.29) is 11.4 Å². The zero-order chi connectivity index (χ0) is 12.0. The van der Waals surface area contributed by atoms with Crippen molar-refractivity contribution >= 4 is 10.0 Å². The van der Waals surface area contributed by atoms with Gasteiger partial charge in [0.2, 0.25) is 10.0 Å². The van der Waals surface area contributed by atoms with Crippen LogP contribution in [0.2, 0.25) is 0 Å². The van der Waals surface area contributed by atoms with E-state index in [0.717, 1.165) is 5.56 Å². The number of terminal acetylenes is 1. The molecule has 0 aliphatic rings. The van der Waals surface area contributed by atoms with Gasteiger partial charge in [-0.2, -0.15) is 0 Å². The molecule has 16 heavy (non-hydrogen) atoms. The largest absolute Gasteiger partial charge is 0.326 e. The van der Waals surface area contributed by atoms with Crippen LogP contribution in [0.15, 0.2) is 29.2 Å². The van der Waals surface area contributed by atoms with Crippen LogP contribution in [-0.2, 0) is 16.6 Å². The number of sulfonamides is 1.